The number of hydrogen-bond acceptors (Lipinski definition) is 4. The van der Waals surface area contributed by atoms with Gasteiger partial charge in [0.25, 0.3) is 5.91 Å². The molecule has 0 saturated heterocycles. The van der Waals surface area contributed by atoms with Gasteiger partial charge in [0.1, 0.15) is 12.4 Å². The summed E-state index contributed by atoms with van der Waals surface area (Å²) in [6.07, 6.45) is 0. The quantitative estimate of drug-likeness (QED) is 0.738. The van der Waals surface area contributed by atoms with Gasteiger partial charge in [-0.25, -0.2) is 13.1 Å². The molecular weight excluding hydrogens is 340 g/mol. The molecule has 0 radical (unpaired) electrons. The molecule has 0 heterocycles. The number of carbonyl (C=O) groups excluding carboxylic acids is 1. The minimum absolute atomic E-state index is 0.0501. The van der Waals surface area contributed by atoms with Crippen LogP contribution in [-0.4, -0.2) is 34.5 Å². The Labute approximate surface area is 148 Å². The molecule has 0 atom stereocenters. The second-order valence-corrected chi connectivity index (χ2v) is 7.55. The van der Waals surface area contributed by atoms with Gasteiger partial charge in [-0.3, -0.25) is 4.79 Å². The molecule has 2 N–H and O–H groups in total. The molecule has 2 aromatic rings. The number of rotatable bonds is 7. The number of hydrogen-bond donors (Lipinski definition) is 2. The van der Waals surface area contributed by atoms with Crippen molar-refractivity contribution in [3.8, 4) is 5.75 Å². The maximum Gasteiger partial charge on any atom is 0.251 e. The van der Waals surface area contributed by atoms with Crippen LogP contribution in [0.15, 0.2) is 47.4 Å². The summed E-state index contributed by atoms with van der Waals surface area (Å²) in [5.74, 6) is 0.408. The molecule has 25 heavy (non-hydrogen) atoms. The first-order chi connectivity index (χ1) is 11.8. The fourth-order valence-electron chi connectivity index (χ4n) is 2.37. The van der Waals surface area contributed by atoms with Crippen LogP contribution in [0.25, 0.3) is 0 Å². The summed E-state index contributed by atoms with van der Waals surface area (Å²) in [4.78, 5) is 12.2. The van der Waals surface area contributed by atoms with Crippen LogP contribution in [0, 0.1) is 13.8 Å². The lowest BCUT2D eigenvalue weighted by atomic mass is 10.1. The zero-order valence-electron chi connectivity index (χ0n) is 14.5. The first-order valence-corrected chi connectivity index (χ1v) is 9.33. The van der Waals surface area contributed by atoms with Crippen LogP contribution >= 0.6 is 0 Å². The maximum atomic E-state index is 12.1. The summed E-state index contributed by atoms with van der Waals surface area (Å²) in [7, 11) is -2.25. The molecule has 0 bridgehead atoms. The van der Waals surface area contributed by atoms with E-state index in [1.807, 2.05) is 26.0 Å². The van der Waals surface area contributed by atoms with Crippen LogP contribution in [0.4, 0.5) is 0 Å². The number of ether oxygens (including phenoxy) is 1. The van der Waals surface area contributed by atoms with Crippen molar-refractivity contribution in [3.63, 3.8) is 0 Å². The molecule has 7 heteroatoms. The second-order valence-electron chi connectivity index (χ2n) is 5.66. The Hall–Kier alpha value is -2.38. The highest BCUT2D eigenvalue weighted by molar-refractivity contribution is 7.89. The van der Waals surface area contributed by atoms with Gasteiger partial charge in [0.15, 0.2) is 0 Å². The molecule has 0 aliphatic heterocycles. The van der Waals surface area contributed by atoms with E-state index in [1.165, 1.54) is 25.2 Å². The van der Waals surface area contributed by atoms with E-state index in [1.54, 1.807) is 6.07 Å². The van der Waals surface area contributed by atoms with Crippen molar-refractivity contribution in [1.82, 2.24) is 10.0 Å². The molecule has 1 amide bonds. The van der Waals surface area contributed by atoms with Crippen LogP contribution in [0.5, 0.6) is 5.75 Å². The molecular formula is C18H22N2O4S. The average Bonchev–Trinajstić information content (AvgIpc) is 2.58. The van der Waals surface area contributed by atoms with Gasteiger partial charge < -0.3 is 10.1 Å². The topological polar surface area (TPSA) is 84.5 Å². The summed E-state index contributed by atoms with van der Waals surface area (Å²) >= 11 is 0. The van der Waals surface area contributed by atoms with Crippen molar-refractivity contribution in [2.75, 3.05) is 20.2 Å². The van der Waals surface area contributed by atoms with E-state index in [0.29, 0.717) is 13.2 Å². The highest BCUT2D eigenvalue weighted by Crippen LogP contribution is 2.16. The molecule has 0 aromatic heterocycles. The first kappa shape index (κ1) is 19.0. The van der Waals surface area contributed by atoms with Crippen LogP contribution in [-0.2, 0) is 10.0 Å². The van der Waals surface area contributed by atoms with Crippen molar-refractivity contribution < 1.29 is 17.9 Å². The molecule has 2 aromatic carbocycles. The van der Waals surface area contributed by atoms with E-state index in [4.69, 9.17) is 4.74 Å². The third kappa shape index (κ3) is 5.30. The third-order valence-electron chi connectivity index (χ3n) is 3.53. The summed E-state index contributed by atoms with van der Waals surface area (Å²) < 4.78 is 31.4. The Morgan fingerprint density at radius 2 is 1.76 bits per heavy atom. The van der Waals surface area contributed by atoms with Gasteiger partial charge in [-0.1, -0.05) is 12.1 Å². The van der Waals surface area contributed by atoms with E-state index < -0.39 is 10.0 Å². The number of aryl methyl sites for hydroxylation is 2. The lowest BCUT2D eigenvalue weighted by molar-refractivity contribution is 0.0946. The number of benzene rings is 2. The molecule has 0 aliphatic rings. The molecule has 2 rings (SSSR count). The van der Waals surface area contributed by atoms with Gasteiger partial charge in [-0.2, -0.15) is 0 Å². The Kier molecular flexibility index (Phi) is 6.17. The standard InChI is InChI=1S/C18H22N2O4S/c1-13-9-14(2)11-16(10-13)24-8-7-20-18(21)15-5-4-6-17(12-15)25(22,23)19-3/h4-6,9-12,19H,7-8H2,1-3H3,(H,20,21). The van der Waals surface area contributed by atoms with Crippen molar-refractivity contribution in [2.24, 2.45) is 0 Å². The van der Waals surface area contributed by atoms with Crippen LogP contribution in [0.2, 0.25) is 0 Å². The normalized spacial score (nSPS) is 11.2. The fraction of sp³-hybridized carbons (Fsp3) is 0.278. The van der Waals surface area contributed by atoms with Gasteiger partial charge in [-0.05, 0) is 62.4 Å². The molecule has 0 saturated carbocycles. The second kappa shape index (κ2) is 8.13. The molecule has 0 aliphatic carbocycles. The number of sulfonamides is 1. The molecule has 0 fully saturated rings. The molecule has 0 unspecified atom stereocenters. The minimum atomic E-state index is -3.58. The van der Waals surface area contributed by atoms with Crippen LogP contribution in [0.3, 0.4) is 0 Å². The predicted octanol–water partition coefficient (Wildman–Crippen LogP) is 2.02. The highest BCUT2D eigenvalue weighted by atomic mass is 32.2. The third-order valence-corrected chi connectivity index (χ3v) is 4.94. The molecule has 0 spiro atoms. The van der Waals surface area contributed by atoms with Crippen LogP contribution < -0.4 is 14.8 Å². The summed E-state index contributed by atoms with van der Waals surface area (Å²) in [5.41, 5.74) is 2.51. The van der Waals surface area contributed by atoms with E-state index in [9.17, 15) is 13.2 Å². The van der Waals surface area contributed by atoms with Crippen LogP contribution in [0.1, 0.15) is 21.5 Å². The van der Waals surface area contributed by atoms with Gasteiger partial charge in [0.2, 0.25) is 10.0 Å². The minimum Gasteiger partial charge on any atom is -0.492 e. The molecule has 134 valence electrons. The van der Waals surface area contributed by atoms with Crippen molar-refractivity contribution in [3.05, 3.63) is 59.2 Å². The van der Waals surface area contributed by atoms with Gasteiger partial charge in [0, 0.05) is 5.56 Å². The van der Waals surface area contributed by atoms with Crippen molar-refractivity contribution in [1.29, 1.82) is 0 Å². The summed E-state index contributed by atoms with van der Waals surface area (Å²) in [6.45, 7) is 4.62. The van der Waals surface area contributed by atoms with E-state index in [2.05, 4.69) is 16.1 Å². The fourth-order valence-corrected chi connectivity index (χ4v) is 3.15. The lowest BCUT2D eigenvalue weighted by Crippen LogP contribution is -2.28. The Balaban J connectivity index is 1.91. The Morgan fingerprint density at radius 3 is 2.40 bits per heavy atom. The van der Waals surface area contributed by atoms with E-state index in [-0.39, 0.29) is 16.4 Å². The monoisotopic (exact) mass is 362 g/mol. The SMILES string of the molecule is CNS(=O)(=O)c1cccc(C(=O)NCCOc2cc(C)cc(C)c2)c1. The Morgan fingerprint density at radius 1 is 1.08 bits per heavy atom. The number of amides is 1. The lowest BCUT2D eigenvalue weighted by Gasteiger charge is -2.10. The van der Waals surface area contributed by atoms with E-state index in [0.717, 1.165) is 16.9 Å². The van der Waals surface area contributed by atoms with Gasteiger partial charge >= 0.3 is 0 Å². The van der Waals surface area contributed by atoms with Crippen molar-refractivity contribution in [2.45, 2.75) is 18.7 Å². The zero-order chi connectivity index (χ0) is 18.4. The Bertz CT molecular complexity index is 843. The zero-order valence-corrected chi connectivity index (χ0v) is 15.3. The van der Waals surface area contributed by atoms with Crippen molar-refractivity contribution >= 4 is 15.9 Å². The number of nitrogens with one attached hydrogen (secondary N) is 2. The smallest absolute Gasteiger partial charge is 0.251 e. The predicted molar refractivity (Wildman–Crippen MR) is 96.4 cm³/mol. The summed E-state index contributed by atoms with van der Waals surface area (Å²) in [6, 6.07) is 11.8. The molecule has 6 nitrogen and oxygen atoms in total. The summed E-state index contributed by atoms with van der Waals surface area (Å²) in [5, 5.41) is 2.72. The largest absolute Gasteiger partial charge is 0.492 e. The van der Waals surface area contributed by atoms with E-state index >= 15 is 0 Å². The van der Waals surface area contributed by atoms with Gasteiger partial charge in [0.05, 0.1) is 11.4 Å². The van der Waals surface area contributed by atoms with Gasteiger partial charge in [-0.15, -0.1) is 0 Å². The first-order valence-electron chi connectivity index (χ1n) is 7.85. The average molecular weight is 362 g/mol. The number of carbonyl (C=O) groups is 1. The maximum absolute atomic E-state index is 12.1. The highest BCUT2D eigenvalue weighted by Gasteiger charge is 2.14.